The van der Waals surface area contributed by atoms with Gasteiger partial charge in [0.25, 0.3) is 21.8 Å². The highest BCUT2D eigenvalue weighted by molar-refractivity contribution is 7.90. The van der Waals surface area contributed by atoms with E-state index in [-0.39, 0.29) is 22.1 Å². The third kappa shape index (κ3) is 3.50. The summed E-state index contributed by atoms with van der Waals surface area (Å²) in [5, 5.41) is 2.77. The molecule has 0 atom stereocenters. The van der Waals surface area contributed by atoms with E-state index in [2.05, 4.69) is 10.3 Å². The molecular formula is C23H19N3O5S. The van der Waals surface area contributed by atoms with E-state index >= 15 is 0 Å². The van der Waals surface area contributed by atoms with Gasteiger partial charge in [-0.3, -0.25) is 14.6 Å². The summed E-state index contributed by atoms with van der Waals surface area (Å²) >= 11 is 0. The number of fused-ring (bicyclic) bond motifs is 1. The molecule has 1 aliphatic heterocycles. The maximum atomic E-state index is 12.8. The number of aromatic nitrogens is 1. The minimum atomic E-state index is -3.92. The van der Waals surface area contributed by atoms with Crippen LogP contribution in [0.1, 0.15) is 39.1 Å². The summed E-state index contributed by atoms with van der Waals surface area (Å²) in [7, 11) is -3.92. The number of sulfonamides is 1. The molecular weight excluding hydrogens is 430 g/mol. The van der Waals surface area contributed by atoms with Crippen molar-refractivity contribution in [2.75, 3.05) is 5.32 Å². The number of rotatable bonds is 5. The minimum Gasteiger partial charge on any atom is -0.455 e. The standard InChI is InChI=1S/C23H19N3O5S/c1-14-11-16(5-9-20(14)31-18-3-2-10-24-13-18)25-22(27)15-4-8-19-21(12-15)32(29,30)26(23(19)28)17-6-7-17/h2-5,8-13,17H,6-7H2,1H3,(H,25,27). The molecule has 0 radical (unpaired) electrons. The van der Waals surface area contributed by atoms with Gasteiger partial charge in [0.1, 0.15) is 16.4 Å². The van der Waals surface area contributed by atoms with Gasteiger partial charge in [-0.2, -0.15) is 0 Å². The zero-order valence-corrected chi connectivity index (χ0v) is 17.9. The van der Waals surface area contributed by atoms with Gasteiger partial charge in [-0.1, -0.05) is 0 Å². The number of nitrogens with zero attached hydrogens (tertiary/aromatic N) is 2. The van der Waals surface area contributed by atoms with Gasteiger partial charge in [-0.25, -0.2) is 12.7 Å². The van der Waals surface area contributed by atoms with Crippen LogP contribution in [0.15, 0.2) is 65.8 Å². The van der Waals surface area contributed by atoms with E-state index in [1.165, 1.54) is 18.2 Å². The topological polar surface area (TPSA) is 106 Å². The Morgan fingerprint density at radius 2 is 1.97 bits per heavy atom. The van der Waals surface area contributed by atoms with Crippen LogP contribution in [0.3, 0.4) is 0 Å². The Morgan fingerprint density at radius 1 is 1.16 bits per heavy atom. The van der Waals surface area contributed by atoms with Crippen LogP contribution in [0.4, 0.5) is 5.69 Å². The first-order valence-electron chi connectivity index (χ1n) is 10.1. The minimum absolute atomic E-state index is 0.112. The van der Waals surface area contributed by atoms with Crippen molar-refractivity contribution in [2.45, 2.75) is 30.7 Å². The molecule has 1 saturated carbocycles. The summed E-state index contributed by atoms with van der Waals surface area (Å²) in [6.07, 6.45) is 4.60. The summed E-state index contributed by atoms with van der Waals surface area (Å²) in [5.41, 5.74) is 1.60. The van der Waals surface area contributed by atoms with Crippen LogP contribution in [0.2, 0.25) is 0 Å². The summed E-state index contributed by atoms with van der Waals surface area (Å²) in [5.74, 6) is 0.231. The van der Waals surface area contributed by atoms with Crippen LogP contribution >= 0.6 is 0 Å². The Morgan fingerprint density at radius 3 is 2.66 bits per heavy atom. The Kier molecular flexibility index (Phi) is 4.70. The maximum absolute atomic E-state index is 12.8. The fourth-order valence-electron chi connectivity index (χ4n) is 3.64. The van der Waals surface area contributed by atoms with E-state index in [0.29, 0.717) is 30.0 Å². The predicted octanol–water partition coefficient (Wildman–Crippen LogP) is 3.74. The van der Waals surface area contributed by atoms with E-state index in [9.17, 15) is 18.0 Å². The molecule has 0 saturated heterocycles. The molecule has 2 amide bonds. The van der Waals surface area contributed by atoms with Crippen LogP contribution < -0.4 is 10.1 Å². The van der Waals surface area contributed by atoms with Crippen LogP contribution in [-0.2, 0) is 10.0 Å². The van der Waals surface area contributed by atoms with Gasteiger partial charge < -0.3 is 10.1 Å². The number of amides is 2. The molecule has 8 nitrogen and oxygen atoms in total. The SMILES string of the molecule is Cc1cc(NC(=O)c2ccc3c(c2)S(=O)(=O)N(C2CC2)C3=O)ccc1Oc1cccnc1. The average Bonchev–Trinajstić information content (AvgIpc) is 3.57. The van der Waals surface area contributed by atoms with E-state index in [1.807, 2.05) is 6.92 Å². The zero-order valence-electron chi connectivity index (χ0n) is 17.1. The number of carbonyl (C=O) groups excluding carboxylic acids is 2. The van der Waals surface area contributed by atoms with Gasteiger partial charge >= 0.3 is 0 Å². The quantitative estimate of drug-likeness (QED) is 0.636. The Labute approximate surface area is 184 Å². The van der Waals surface area contributed by atoms with Crippen molar-refractivity contribution >= 4 is 27.5 Å². The van der Waals surface area contributed by atoms with Gasteiger partial charge in [-0.05, 0) is 73.9 Å². The summed E-state index contributed by atoms with van der Waals surface area (Å²) in [4.78, 5) is 29.2. The second kappa shape index (κ2) is 7.45. The van der Waals surface area contributed by atoms with Crippen molar-refractivity contribution in [3.63, 3.8) is 0 Å². The van der Waals surface area contributed by atoms with Gasteiger partial charge in [0.15, 0.2) is 0 Å². The van der Waals surface area contributed by atoms with E-state index in [1.54, 1.807) is 42.7 Å². The molecule has 1 N–H and O–H groups in total. The first-order chi connectivity index (χ1) is 15.3. The van der Waals surface area contributed by atoms with Crippen molar-refractivity contribution < 1.29 is 22.7 Å². The van der Waals surface area contributed by atoms with E-state index in [4.69, 9.17) is 4.74 Å². The van der Waals surface area contributed by atoms with Crippen LogP contribution in [0, 0.1) is 6.92 Å². The summed E-state index contributed by atoms with van der Waals surface area (Å²) < 4.78 is 32.3. The fourth-order valence-corrected chi connectivity index (χ4v) is 5.48. The van der Waals surface area contributed by atoms with Crippen molar-refractivity contribution in [3.8, 4) is 11.5 Å². The average molecular weight is 449 g/mol. The molecule has 32 heavy (non-hydrogen) atoms. The van der Waals surface area contributed by atoms with E-state index < -0.39 is 21.8 Å². The molecule has 1 aromatic heterocycles. The molecule has 0 bridgehead atoms. The number of carbonyl (C=O) groups is 2. The monoisotopic (exact) mass is 449 g/mol. The highest BCUT2D eigenvalue weighted by atomic mass is 32.2. The number of benzene rings is 2. The third-order valence-electron chi connectivity index (χ3n) is 5.38. The van der Waals surface area contributed by atoms with Gasteiger partial charge in [-0.15, -0.1) is 0 Å². The molecule has 2 heterocycles. The van der Waals surface area contributed by atoms with Gasteiger partial charge in [0, 0.05) is 23.5 Å². The lowest BCUT2D eigenvalue weighted by Gasteiger charge is -2.13. The fraction of sp³-hybridized carbons (Fsp3) is 0.174. The number of hydrogen-bond donors (Lipinski definition) is 1. The summed E-state index contributed by atoms with van der Waals surface area (Å²) in [6.45, 7) is 1.85. The summed E-state index contributed by atoms with van der Waals surface area (Å²) in [6, 6.07) is 12.6. The second-order valence-corrected chi connectivity index (χ2v) is 9.56. The molecule has 2 aromatic carbocycles. The highest BCUT2D eigenvalue weighted by Gasteiger charge is 2.48. The number of aryl methyl sites for hydroxylation is 1. The number of pyridine rings is 1. The first-order valence-corrected chi connectivity index (χ1v) is 11.5. The lowest BCUT2D eigenvalue weighted by molar-refractivity contribution is 0.0864. The van der Waals surface area contributed by atoms with Crippen molar-refractivity contribution in [1.29, 1.82) is 0 Å². The third-order valence-corrected chi connectivity index (χ3v) is 7.26. The molecule has 1 aliphatic carbocycles. The van der Waals surface area contributed by atoms with Crippen LogP contribution in [0.5, 0.6) is 11.5 Å². The number of nitrogens with one attached hydrogen (secondary N) is 1. The highest BCUT2D eigenvalue weighted by Crippen LogP contribution is 2.39. The number of ether oxygens (including phenoxy) is 1. The second-order valence-electron chi connectivity index (χ2n) is 7.77. The molecule has 9 heteroatoms. The Balaban J connectivity index is 1.36. The largest absolute Gasteiger partial charge is 0.455 e. The number of anilines is 1. The molecule has 1 fully saturated rings. The molecule has 2 aliphatic rings. The smallest absolute Gasteiger partial charge is 0.269 e. The van der Waals surface area contributed by atoms with Crippen LogP contribution in [0.25, 0.3) is 0 Å². The molecule has 5 rings (SSSR count). The molecule has 0 spiro atoms. The first kappa shape index (κ1) is 20.2. The van der Waals surface area contributed by atoms with Gasteiger partial charge in [0.05, 0.1) is 11.8 Å². The van der Waals surface area contributed by atoms with E-state index in [0.717, 1.165) is 9.87 Å². The Bertz CT molecular complexity index is 1350. The molecule has 3 aromatic rings. The maximum Gasteiger partial charge on any atom is 0.269 e. The Hall–Kier alpha value is -3.72. The lowest BCUT2D eigenvalue weighted by Crippen LogP contribution is -2.31. The normalized spacial score (nSPS) is 16.5. The molecule has 0 unspecified atom stereocenters. The number of hydrogen-bond acceptors (Lipinski definition) is 6. The van der Waals surface area contributed by atoms with Gasteiger partial charge in [0.2, 0.25) is 0 Å². The predicted molar refractivity (Wildman–Crippen MR) is 116 cm³/mol. The van der Waals surface area contributed by atoms with Crippen molar-refractivity contribution in [3.05, 3.63) is 77.6 Å². The molecule has 162 valence electrons. The lowest BCUT2D eigenvalue weighted by atomic mass is 10.1. The van der Waals surface area contributed by atoms with Crippen LogP contribution in [-0.4, -0.2) is 35.6 Å². The zero-order chi connectivity index (χ0) is 22.5. The van der Waals surface area contributed by atoms with Crippen molar-refractivity contribution in [1.82, 2.24) is 9.29 Å². The van der Waals surface area contributed by atoms with Crippen molar-refractivity contribution in [2.24, 2.45) is 0 Å².